The van der Waals surface area contributed by atoms with Crippen molar-refractivity contribution in [3.8, 4) is 0 Å². The Balaban J connectivity index is 1.64. The maximum absolute atomic E-state index is 12.6. The summed E-state index contributed by atoms with van der Waals surface area (Å²) in [6, 6.07) is 18.0. The van der Waals surface area contributed by atoms with E-state index in [1.165, 1.54) is 16.5 Å². The number of rotatable bonds is 4. The molecule has 0 saturated heterocycles. The van der Waals surface area contributed by atoms with Gasteiger partial charge in [0.25, 0.3) is 5.91 Å². The molecule has 0 aromatic heterocycles. The van der Waals surface area contributed by atoms with Crippen LogP contribution in [0.4, 0.5) is 5.69 Å². The molecule has 0 spiro atoms. The fraction of sp³-hybridized carbons (Fsp3) is 0.190. The molecule has 0 bridgehead atoms. The molecule has 0 radical (unpaired) electrons. The van der Waals surface area contributed by atoms with Crippen molar-refractivity contribution in [3.05, 3.63) is 76.9 Å². The molecule has 1 N–H and O–H groups in total. The van der Waals surface area contributed by atoms with Crippen molar-refractivity contribution in [2.75, 3.05) is 12.4 Å². The first-order valence-electron chi connectivity index (χ1n) is 8.19. The van der Waals surface area contributed by atoms with Gasteiger partial charge in [0.05, 0.1) is 6.61 Å². The molecule has 0 saturated carbocycles. The number of anilines is 1. The summed E-state index contributed by atoms with van der Waals surface area (Å²) >= 11 is 0. The second kappa shape index (κ2) is 6.10. The van der Waals surface area contributed by atoms with Crippen LogP contribution in [0, 0.1) is 0 Å². The predicted molar refractivity (Wildman–Crippen MR) is 96.5 cm³/mol. The molecule has 0 atom stereocenters. The molecule has 0 unspecified atom stereocenters. The van der Waals surface area contributed by atoms with Gasteiger partial charge in [0.1, 0.15) is 0 Å². The van der Waals surface area contributed by atoms with E-state index in [4.69, 9.17) is 4.74 Å². The number of amides is 1. The van der Waals surface area contributed by atoms with Crippen molar-refractivity contribution < 1.29 is 9.53 Å². The van der Waals surface area contributed by atoms with E-state index in [9.17, 15) is 4.79 Å². The van der Waals surface area contributed by atoms with Crippen LogP contribution < -0.4 is 5.32 Å². The lowest BCUT2D eigenvalue weighted by Crippen LogP contribution is -2.12. The lowest BCUT2D eigenvalue weighted by atomic mass is 10.0. The highest BCUT2D eigenvalue weighted by Crippen LogP contribution is 2.35. The summed E-state index contributed by atoms with van der Waals surface area (Å²) in [6.07, 6.45) is 2.18. The molecule has 1 aliphatic rings. The van der Waals surface area contributed by atoms with Gasteiger partial charge in [-0.2, -0.15) is 0 Å². The van der Waals surface area contributed by atoms with Gasteiger partial charge in [0, 0.05) is 23.7 Å². The predicted octanol–water partition coefficient (Wildman–Crippen LogP) is 4.34. The summed E-state index contributed by atoms with van der Waals surface area (Å²) in [6.45, 7) is 0.552. The van der Waals surface area contributed by atoms with Crippen molar-refractivity contribution in [3.63, 3.8) is 0 Å². The van der Waals surface area contributed by atoms with Gasteiger partial charge in [0.15, 0.2) is 0 Å². The van der Waals surface area contributed by atoms with Crippen LogP contribution in [-0.2, 0) is 24.2 Å². The van der Waals surface area contributed by atoms with Gasteiger partial charge in [-0.05, 0) is 53.1 Å². The van der Waals surface area contributed by atoms with E-state index in [-0.39, 0.29) is 5.91 Å². The SMILES string of the molecule is COCc1ccc(C(=O)Nc2ccc3c4c(cccc24)CC3)cc1. The molecule has 3 heteroatoms. The van der Waals surface area contributed by atoms with Crippen LogP contribution in [0.5, 0.6) is 0 Å². The first-order valence-corrected chi connectivity index (χ1v) is 8.19. The first kappa shape index (κ1) is 14.9. The third-order valence-corrected chi connectivity index (χ3v) is 4.65. The van der Waals surface area contributed by atoms with E-state index in [1.54, 1.807) is 7.11 Å². The average molecular weight is 317 g/mol. The Morgan fingerprint density at radius 2 is 1.75 bits per heavy atom. The number of carbonyl (C=O) groups is 1. The Morgan fingerprint density at radius 3 is 2.50 bits per heavy atom. The second-order valence-corrected chi connectivity index (χ2v) is 6.20. The van der Waals surface area contributed by atoms with Gasteiger partial charge in [-0.15, -0.1) is 0 Å². The van der Waals surface area contributed by atoms with Crippen LogP contribution in [0.3, 0.4) is 0 Å². The molecule has 0 heterocycles. The summed E-state index contributed by atoms with van der Waals surface area (Å²) in [5, 5.41) is 5.51. The summed E-state index contributed by atoms with van der Waals surface area (Å²) in [5.74, 6) is -0.0855. The van der Waals surface area contributed by atoms with Crippen LogP contribution in [0.1, 0.15) is 27.0 Å². The third kappa shape index (κ3) is 2.57. The summed E-state index contributed by atoms with van der Waals surface area (Å²) in [7, 11) is 1.66. The summed E-state index contributed by atoms with van der Waals surface area (Å²) in [4.78, 5) is 12.6. The van der Waals surface area contributed by atoms with Crippen molar-refractivity contribution in [2.24, 2.45) is 0 Å². The highest BCUT2D eigenvalue weighted by Gasteiger charge is 2.17. The number of aryl methyl sites for hydroxylation is 2. The largest absolute Gasteiger partial charge is 0.380 e. The maximum Gasteiger partial charge on any atom is 0.255 e. The quantitative estimate of drug-likeness (QED) is 0.777. The molecular formula is C21H19NO2. The highest BCUT2D eigenvalue weighted by molar-refractivity contribution is 6.10. The Morgan fingerprint density at radius 1 is 1.00 bits per heavy atom. The third-order valence-electron chi connectivity index (χ3n) is 4.65. The normalized spacial score (nSPS) is 12.5. The van der Waals surface area contributed by atoms with Gasteiger partial charge in [-0.3, -0.25) is 4.79 Å². The monoisotopic (exact) mass is 317 g/mol. The molecule has 3 aromatic carbocycles. The molecule has 120 valence electrons. The van der Waals surface area contributed by atoms with Crippen molar-refractivity contribution in [1.29, 1.82) is 0 Å². The Kier molecular flexibility index (Phi) is 3.79. The molecule has 3 nitrogen and oxygen atoms in total. The van der Waals surface area contributed by atoms with Crippen molar-refractivity contribution in [1.82, 2.24) is 0 Å². The van der Waals surface area contributed by atoms with Crippen LogP contribution in [-0.4, -0.2) is 13.0 Å². The number of ether oxygens (including phenoxy) is 1. The van der Waals surface area contributed by atoms with Gasteiger partial charge < -0.3 is 10.1 Å². The standard InChI is InChI=1S/C21H19NO2/c1-24-13-14-5-7-17(8-6-14)21(23)22-19-12-11-16-10-9-15-3-2-4-18(19)20(15)16/h2-8,11-12H,9-10,13H2,1H3,(H,22,23). The van der Waals surface area contributed by atoms with E-state index in [2.05, 4.69) is 29.6 Å². The zero-order valence-corrected chi connectivity index (χ0v) is 13.6. The van der Waals surface area contributed by atoms with E-state index in [0.717, 1.165) is 29.5 Å². The lowest BCUT2D eigenvalue weighted by molar-refractivity contribution is 0.102. The Hall–Kier alpha value is -2.65. The minimum absolute atomic E-state index is 0.0855. The van der Waals surface area contributed by atoms with Crippen molar-refractivity contribution >= 4 is 22.4 Å². The van der Waals surface area contributed by atoms with Gasteiger partial charge in [-0.25, -0.2) is 0 Å². The number of carbonyl (C=O) groups excluding carboxylic acids is 1. The zero-order valence-electron chi connectivity index (χ0n) is 13.6. The summed E-state index contributed by atoms with van der Waals surface area (Å²) < 4.78 is 5.10. The molecule has 1 aliphatic carbocycles. The summed E-state index contributed by atoms with van der Waals surface area (Å²) in [5.41, 5.74) is 5.34. The van der Waals surface area contributed by atoms with E-state index >= 15 is 0 Å². The topological polar surface area (TPSA) is 38.3 Å². The van der Waals surface area contributed by atoms with Crippen molar-refractivity contribution in [2.45, 2.75) is 19.4 Å². The van der Waals surface area contributed by atoms with E-state index in [1.807, 2.05) is 30.3 Å². The van der Waals surface area contributed by atoms with Gasteiger partial charge in [-0.1, -0.05) is 36.4 Å². The Labute approximate surface area is 141 Å². The van der Waals surface area contributed by atoms with Crippen LogP contribution in [0.25, 0.3) is 10.8 Å². The maximum atomic E-state index is 12.6. The molecule has 0 aliphatic heterocycles. The van der Waals surface area contributed by atoms with Crippen LogP contribution >= 0.6 is 0 Å². The zero-order chi connectivity index (χ0) is 16.5. The average Bonchev–Trinajstić information content (AvgIpc) is 3.03. The Bertz CT molecular complexity index is 903. The molecule has 24 heavy (non-hydrogen) atoms. The lowest BCUT2D eigenvalue weighted by Gasteiger charge is -2.11. The number of nitrogens with one attached hydrogen (secondary N) is 1. The molecule has 3 aromatic rings. The minimum atomic E-state index is -0.0855. The molecular weight excluding hydrogens is 298 g/mol. The fourth-order valence-corrected chi connectivity index (χ4v) is 3.47. The fourth-order valence-electron chi connectivity index (χ4n) is 3.47. The first-order chi connectivity index (χ1) is 11.8. The highest BCUT2D eigenvalue weighted by atomic mass is 16.5. The number of methoxy groups -OCH3 is 1. The van der Waals surface area contributed by atoms with Gasteiger partial charge in [0.2, 0.25) is 0 Å². The number of hydrogen-bond donors (Lipinski definition) is 1. The van der Waals surface area contributed by atoms with E-state index in [0.29, 0.717) is 12.2 Å². The molecule has 0 fully saturated rings. The number of benzene rings is 3. The minimum Gasteiger partial charge on any atom is -0.380 e. The molecule has 4 rings (SSSR count). The number of hydrogen-bond acceptors (Lipinski definition) is 2. The molecule has 1 amide bonds. The van der Waals surface area contributed by atoms with Gasteiger partial charge >= 0.3 is 0 Å². The second-order valence-electron chi connectivity index (χ2n) is 6.20. The van der Waals surface area contributed by atoms with E-state index < -0.39 is 0 Å². The van der Waals surface area contributed by atoms with Crippen LogP contribution in [0.2, 0.25) is 0 Å². The smallest absolute Gasteiger partial charge is 0.255 e. The van der Waals surface area contributed by atoms with Crippen LogP contribution in [0.15, 0.2) is 54.6 Å².